The summed E-state index contributed by atoms with van der Waals surface area (Å²) in [5.41, 5.74) is -0.496. The van der Waals surface area contributed by atoms with Crippen LogP contribution in [0.3, 0.4) is 0 Å². The fraction of sp³-hybridized carbons (Fsp3) is 0.833. The Labute approximate surface area is 107 Å². The summed E-state index contributed by atoms with van der Waals surface area (Å²) in [7, 11) is 0. The highest BCUT2D eigenvalue weighted by molar-refractivity contribution is 5.69. The van der Waals surface area contributed by atoms with Crippen LogP contribution in [-0.4, -0.2) is 41.4 Å². The van der Waals surface area contributed by atoms with E-state index in [0.29, 0.717) is 0 Å². The molecule has 0 heterocycles. The highest BCUT2D eigenvalue weighted by atomic mass is 16.6. The predicted molar refractivity (Wildman–Crippen MR) is 66.4 cm³/mol. The number of hydrogen-bond donors (Lipinski definition) is 3. The first-order valence-corrected chi connectivity index (χ1v) is 6.21. The highest BCUT2D eigenvalue weighted by Crippen LogP contribution is 2.19. The van der Waals surface area contributed by atoms with Crippen LogP contribution in [0.5, 0.6) is 0 Å². The van der Waals surface area contributed by atoms with Crippen molar-refractivity contribution in [2.75, 3.05) is 6.54 Å². The zero-order valence-electron chi connectivity index (χ0n) is 11.2. The van der Waals surface area contributed by atoms with E-state index in [1.807, 2.05) is 20.8 Å². The molecule has 1 fully saturated rings. The van der Waals surface area contributed by atoms with Gasteiger partial charge in [0.15, 0.2) is 0 Å². The Hall–Kier alpha value is -1.30. The van der Waals surface area contributed by atoms with Gasteiger partial charge in [-0.15, -0.1) is 0 Å². The lowest BCUT2D eigenvalue weighted by Crippen LogP contribution is -2.39. The minimum atomic E-state index is -0.862. The van der Waals surface area contributed by atoms with Crippen LogP contribution in [-0.2, 0) is 9.53 Å². The van der Waals surface area contributed by atoms with Gasteiger partial charge in [-0.05, 0) is 40.0 Å². The zero-order valence-corrected chi connectivity index (χ0v) is 11.2. The third-order valence-corrected chi connectivity index (χ3v) is 2.70. The van der Waals surface area contributed by atoms with Crippen molar-refractivity contribution >= 4 is 12.1 Å². The summed E-state index contributed by atoms with van der Waals surface area (Å²) in [6, 6.07) is 0.215. The van der Waals surface area contributed by atoms with Gasteiger partial charge < -0.3 is 20.5 Å². The first-order valence-electron chi connectivity index (χ1n) is 6.21. The molecule has 0 bridgehead atoms. The molecule has 1 aliphatic carbocycles. The maximum atomic E-state index is 11.5. The molecule has 0 saturated heterocycles. The zero-order chi connectivity index (χ0) is 13.8. The van der Waals surface area contributed by atoms with E-state index in [2.05, 4.69) is 10.6 Å². The molecular weight excluding hydrogens is 236 g/mol. The molecular formula is C12H22N2O4. The summed E-state index contributed by atoms with van der Waals surface area (Å²) in [5, 5.41) is 14.3. The van der Waals surface area contributed by atoms with E-state index >= 15 is 0 Å². The van der Waals surface area contributed by atoms with E-state index in [9.17, 15) is 9.59 Å². The number of carboxylic acids is 1. The van der Waals surface area contributed by atoms with Crippen LogP contribution in [0.15, 0.2) is 0 Å². The van der Waals surface area contributed by atoms with Gasteiger partial charge in [-0.1, -0.05) is 0 Å². The Bertz CT molecular complexity index is 312. The Morgan fingerprint density at radius 3 is 2.44 bits per heavy atom. The Morgan fingerprint density at radius 1 is 1.28 bits per heavy atom. The molecule has 2 atom stereocenters. The summed E-state index contributed by atoms with van der Waals surface area (Å²) in [6.07, 6.45) is 2.04. The third kappa shape index (κ3) is 5.86. The molecule has 3 N–H and O–H groups in total. The topological polar surface area (TPSA) is 87.7 Å². The normalized spacial score (nSPS) is 23.7. The fourth-order valence-corrected chi connectivity index (χ4v) is 2.00. The summed E-state index contributed by atoms with van der Waals surface area (Å²) in [6.45, 7) is 5.42. The lowest BCUT2D eigenvalue weighted by atomic mass is 10.2. The van der Waals surface area contributed by atoms with Crippen LogP contribution in [0.1, 0.15) is 40.0 Å². The molecule has 0 aromatic rings. The molecule has 104 valence electrons. The number of aliphatic carboxylic acids is 1. The fourth-order valence-electron chi connectivity index (χ4n) is 2.00. The van der Waals surface area contributed by atoms with Crippen molar-refractivity contribution < 1.29 is 19.4 Å². The van der Waals surface area contributed by atoms with Gasteiger partial charge in [0.2, 0.25) is 0 Å². The molecule has 18 heavy (non-hydrogen) atoms. The largest absolute Gasteiger partial charge is 0.480 e. The molecule has 0 aliphatic heterocycles. The highest BCUT2D eigenvalue weighted by Gasteiger charge is 2.27. The molecule has 6 heteroatoms. The van der Waals surface area contributed by atoms with E-state index < -0.39 is 17.7 Å². The van der Waals surface area contributed by atoms with Crippen molar-refractivity contribution in [2.24, 2.45) is 0 Å². The minimum absolute atomic E-state index is 0.0379. The number of amides is 1. The van der Waals surface area contributed by atoms with Crippen LogP contribution in [0.2, 0.25) is 0 Å². The number of carbonyl (C=O) groups is 2. The van der Waals surface area contributed by atoms with E-state index in [0.717, 1.165) is 19.3 Å². The SMILES string of the molecule is CC(C)(C)OC(=O)NC1CCC(NCC(=O)O)C1. The van der Waals surface area contributed by atoms with Crippen LogP contribution < -0.4 is 10.6 Å². The van der Waals surface area contributed by atoms with Gasteiger partial charge in [0, 0.05) is 12.1 Å². The molecule has 1 amide bonds. The number of rotatable bonds is 4. The van der Waals surface area contributed by atoms with Crippen molar-refractivity contribution in [1.82, 2.24) is 10.6 Å². The summed E-state index contributed by atoms with van der Waals surface area (Å²) >= 11 is 0. The average Bonchev–Trinajstić information content (AvgIpc) is 2.59. The van der Waals surface area contributed by atoms with Crippen LogP contribution in [0, 0.1) is 0 Å². The van der Waals surface area contributed by atoms with Gasteiger partial charge in [-0.2, -0.15) is 0 Å². The van der Waals surface area contributed by atoms with Gasteiger partial charge in [0.05, 0.1) is 6.54 Å². The number of ether oxygens (including phenoxy) is 1. The van der Waals surface area contributed by atoms with Gasteiger partial charge in [0.1, 0.15) is 5.60 Å². The predicted octanol–water partition coefficient (Wildman–Crippen LogP) is 1.11. The van der Waals surface area contributed by atoms with Gasteiger partial charge in [0.25, 0.3) is 0 Å². The Balaban J connectivity index is 2.26. The molecule has 1 aliphatic rings. The Morgan fingerprint density at radius 2 is 1.89 bits per heavy atom. The lowest BCUT2D eigenvalue weighted by Gasteiger charge is -2.21. The van der Waals surface area contributed by atoms with Crippen molar-refractivity contribution in [3.8, 4) is 0 Å². The molecule has 2 unspecified atom stereocenters. The average molecular weight is 258 g/mol. The van der Waals surface area contributed by atoms with Crippen molar-refractivity contribution in [2.45, 2.75) is 57.7 Å². The second-order valence-electron chi connectivity index (χ2n) is 5.63. The number of hydrogen-bond acceptors (Lipinski definition) is 4. The monoisotopic (exact) mass is 258 g/mol. The van der Waals surface area contributed by atoms with Crippen LogP contribution in [0.4, 0.5) is 4.79 Å². The standard InChI is InChI=1S/C12H22N2O4/c1-12(2,3)18-11(17)14-9-5-4-8(6-9)13-7-10(15)16/h8-9,13H,4-7H2,1-3H3,(H,14,17)(H,15,16). The lowest BCUT2D eigenvalue weighted by molar-refractivity contribution is -0.136. The van der Waals surface area contributed by atoms with Crippen LogP contribution >= 0.6 is 0 Å². The van der Waals surface area contributed by atoms with Crippen LogP contribution in [0.25, 0.3) is 0 Å². The molecule has 6 nitrogen and oxygen atoms in total. The number of nitrogens with one attached hydrogen (secondary N) is 2. The molecule has 0 spiro atoms. The van der Waals surface area contributed by atoms with Gasteiger partial charge >= 0.3 is 12.1 Å². The summed E-state index contributed by atoms with van der Waals surface area (Å²) in [4.78, 5) is 22.0. The molecule has 1 rings (SSSR count). The molecule has 0 aromatic carbocycles. The smallest absolute Gasteiger partial charge is 0.407 e. The van der Waals surface area contributed by atoms with Gasteiger partial charge in [-0.25, -0.2) is 4.79 Å². The molecule has 1 saturated carbocycles. The first kappa shape index (κ1) is 14.8. The summed E-state index contributed by atoms with van der Waals surface area (Å²) < 4.78 is 5.17. The summed E-state index contributed by atoms with van der Waals surface area (Å²) in [5.74, 6) is -0.862. The Kier molecular flexibility index (Phi) is 4.95. The van der Waals surface area contributed by atoms with Crippen molar-refractivity contribution in [1.29, 1.82) is 0 Å². The van der Waals surface area contributed by atoms with E-state index in [-0.39, 0.29) is 18.6 Å². The molecule has 0 aromatic heterocycles. The van der Waals surface area contributed by atoms with Crippen molar-refractivity contribution in [3.63, 3.8) is 0 Å². The van der Waals surface area contributed by atoms with E-state index in [4.69, 9.17) is 9.84 Å². The second kappa shape index (κ2) is 6.04. The van der Waals surface area contributed by atoms with Gasteiger partial charge in [-0.3, -0.25) is 4.79 Å². The first-order chi connectivity index (χ1) is 8.26. The molecule has 0 radical (unpaired) electrons. The quantitative estimate of drug-likeness (QED) is 0.703. The van der Waals surface area contributed by atoms with E-state index in [1.165, 1.54) is 0 Å². The maximum absolute atomic E-state index is 11.5. The number of alkyl carbamates (subject to hydrolysis) is 1. The number of carbonyl (C=O) groups excluding carboxylic acids is 1. The number of carboxylic acid groups (broad SMARTS) is 1. The second-order valence-corrected chi connectivity index (χ2v) is 5.63. The minimum Gasteiger partial charge on any atom is -0.480 e. The van der Waals surface area contributed by atoms with E-state index in [1.54, 1.807) is 0 Å². The third-order valence-electron chi connectivity index (χ3n) is 2.70. The van der Waals surface area contributed by atoms with Crippen molar-refractivity contribution in [3.05, 3.63) is 0 Å². The maximum Gasteiger partial charge on any atom is 0.407 e.